The second-order valence-electron chi connectivity index (χ2n) is 12.8. The first-order valence-electron chi connectivity index (χ1n) is 14.5. The lowest BCUT2D eigenvalue weighted by Gasteiger charge is -2.49. The Balaban J connectivity index is 1.05. The van der Waals surface area contributed by atoms with E-state index in [1.165, 1.54) is 30.4 Å². The number of hydrogen-bond donors (Lipinski definition) is 0. The highest BCUT2D eigenvalue weighted by Gasteiger charge is 2.78. The normalized spacial score (nSPS) is 39.6. The van der Waals surface area contributed by atoms with E-state index in [1.54, 1.807) is 0 Å². The van der Waals surface area contributed by atoms with Crippen LogP contribution in [0, 0.1) is 23.2 Å². The van der Waals surface area contributed by atoms with Crippen LogP contribution >= 0.6 is 11.6 Å². The molecule has 2 aromatic rings. The summed E-state index contributed by atoms with van der Waals surface area (Å²) in [4.78, 5) is 18.3. The van der Waals surface area contributed by atoms with Gasteiger partial charge in [-0.25, -0.2) is 0 Å². The predicted octanol–water partition coefficient (Wildman–Crippen LogP) is 5.57. The number of nitrogens with zero attached hydrogens (tertiary/aromatic N) is 2. The van der Waals surface area contributed by atoms with E-state index in [1.807, 2.05) is 12.1 Å². The Morgan fingerprint density at radius 3 is 2.47 bits per heavy atom. The van der Waals surface area contributed by atoms with Crippen LogP contribution in [0.4, 0.5) is 0 Å². The number of epoxide rings is 1. The van der Waals surface area contributed by atoms with Crippen LogP contribution < -0.4 is 0 Å². The first-order valence-corrected chi connectivity index (χ1v) is 14.9. The molecule has 8 atom stereocenters. The molecule has 0 bridgehead atoms. The summed E-state index contributed by atoms with van der Waals surface area (Å²) in [5, 5.41) is 0.763. The highest BCUT2D eigenvalue weighted by Crippen LogP contribution is 2.70. The molecule has 7 rings (SSSR count). The lowest BCUT2D eigenvalue weighted by atomic mass is 9.53. The number of piperazine rings is 1. The van der Waals surface area contributed by atoms with E-state index >= 15 is 0 Å². The highest BCUT2D eigenvalue weighted by atomic mass is 35.5. The lowest BCUT2D eigenvalue weighted by molar-refractivity contribution is -0.146. The number of benzene rings is 2. The molecule has 5 aliphatic rings. The highest BCUT2D eigenvalue weighted by molar-refractivity contribution is 6.30. The Morgan fingerprint density at radius 1 is 1.03 bits per heavy atom. The van der Waals surface area contributed by atoms with E-state index in [0.717, 1.165) is 44.2 Å². The average Bonchev–Trinajstić information content (AvgIpc) is 3.61. The van der Waals surface area contributed by atoms with Crippen LogP contribution in [0.5, 0.6) is 0 Å². The van der Waals surface area contributed by atoms with Crippen LogP contribution in [0.3, 0.4) is 0 Å². The van der Waals surface area contributed by atoms with Crippen molar-refractivity contribution < 1.29 is 14.3 Å². The molecule has 0 radical (unpaired) electrons. The van der Waals surface area contributed by atoms with E-state index in [-0.39, 0.29) is 47.1 Å². The minimum absolute atomic E-state index is 0.00584. The maximum absolute atomic E-state index is 13.2. The van der Waals surface area contributed by atoms with E-state index in [9.17, 15) is 4.79 Å². The quantitative estimate of drug-likeness (QED) is 0.370. The molecule has 3 heterocycles. The zero-order valence-corrected chi connectivity index (χ0v) is 23.3. The van der Waals surface area contributed by atoms with Crippen LogP contribution in [0.15, 0.2) is 54.6 Å². The van der Waals surface area contributed by atoms with Crippen molar-refractivity contribution in [2.45, 2.75) is 63.4 Å². The summed E-state index contributed by atoms with van der Waals surface area (Å²) in [6.07, 6.45) is 4.87. The van der Waals surface area contributed by atoms with Crippen molar-refractivity contribution in [2.75, 3.05) is 32.7 Å². The molecule has 0 aromatic heterocycles. The number of rotatable bonds is 5. The van der Waals surface area contributed by atoms with Crippen molar-refractivity contribution in [3.05, 3.63) is 70.7 Å². The number of halogens is 1. The molecule has 38 heavy (non-hydrogen) atoms. The molecule has 5 fully saturated rings. The minimum Gasteiger partial charge on any atom is -0.462 e. The third-order valence-electron chi connectivity index (χ3n) is 10.7. The van der Waals surface area contributed by atoms with Gasteiger partial charge in [0.1, 0.15) is 11.7 Å². The fraction of sp³-hybridized carbons (Fsp3) is 0.594. The smallest absolute Gasteiger partial charge is 0.311 e. The second-order valence-corrected chi connectivity index (χ2v) is 13.2. The number of hydrogen-bond acceptors (Lipinski definition) is 5. The molecule has 3 saturated heterocycles. The van der Waals surface area contributed by atoms with Gasteiger partial charge in [-0.1, -0.05) is 74.3 Å². The van der Waals surface area contributed by atoms with Gasteiger partial charge in [-0.05, 0) is 48.4 Å². The molecule has 0 N–H and O–H groups in total. The van der Waals surface area contributed by atoms with Crippen LogP contribution in [-0.2, 0) is 14.3 Å². The summed E-state index contributed by atoms with van der Waals surface area (Å²) in [5.74, 6) is 0.706. The Morgan fingerprint density at radius 2 is 1.74 bits per heavy atom. The molecule has 3 aliphatic heterocycles. The van der Waals surface area contributed by atoms with Gasteiger partial charge >= 0.3 is 5.97 Å². The van der Waals surface area contributed by atoms with E-state index in [4.69, 9.17) is 21.1 Å². The van der Waals surface area contributed by atoms with E-state index < -0.39 is 0 Å². The number of carbonyl (C=O) groups is 1. The van der Waals surface area contributed by atoms with Crippen molar-refractivity contribution in [1.82, 2.24) is 9.80 Å². The number of ether oxygens (including phenoxy) is 2. The summed E-state index contributed by atoms with van der Waals surface area (Å²) in [7, 11) is 0. The summed E-state index contributed by atoms with van der Waals surface area (Å²) in [5.41, 5.74) is 2.68. The van der Waals surface area contributed by atoms with Gasteiger partial charge in [-0.15, -0.1) is 0 Å². The van der Waals surface area contributed by atoms with Gasteiger partial charge in [0.05, 0.1) is 18.1 Å². The molecular formula is C32H39ClN2O3. The largest absolute Gasteiger partial charge is 0.462 e. The summed E-state index contributed by atoms with van der Waals surface area (Å²) >= 11 is 6.21. The maximum atomic E-state index is 13.2. The fourth-order valence-corrected chi connectivity index (χ4v) is 8.95. The van der Waals surface area contributed by atoms with Crippen molar-refractivity contribution >= 4 is 17.6 Å². The van der Waals surface area contributed by atoms with Crippen LogP contribution in [0.1, 0.15) is 56.7 Å². The Labute approximate surface area is 231 Å². The maximum Gasteiger partial charge on any atom is 0.311 e. The van der Waals surface area contributed by atoms with Crippen molar-refractivity contribution in [1.29, 1.82) is 0 Å². The summed E-state index contributed by atoms with van der Waals surface area (Å²) in [6.45, 7) is 9.35. The monoisotopic (exact) mass is 534 g/mol. The average molecular weight is 535 g/mol. The molecule has 2 aromatic carbocycles. The van der Waals surface area contributed by atoms with Crippen LogP contribution in [-0.4, -0.2) is 66.3 Å². The fourth-order valence-electron chi connectivity index (χ4n) is 8.82. The van der Waals surface area contributed by atoms with Gasteiger partial charge in [-0.2, -0.15) is 0 Å². The lowest BCUT2D eigenvalue weighted by Crippen LogP contribution is -2.55. The molecule has 0 unspecified atom stereocenters. The molecule has 5 nitrogen and oxygen atoms in total. The van der Waals surface area contributed by atoms with Crippen LogP contribution in [0.25, 0.3) is 0 Å². The molecule has 202 valence electrons. The van der Waals surface area contributed by atoms with Gasteiger partial charge in [0, 0.05) is 49.1 Å². The SMILES string of the molecule is C[C@@H]1CCC[C@@]2(C)C[C@H]3OC(=O)[C@@H](CN4CCN([C@H](c5ccccc5)c5ccc(Cl)cc5)CC4)[C@@H]3[C@@H]3O[C@]132. The summed E-state index contributed by atoms with van der Waals surface area (Å²) in [6, 6.07) is 19.2. The second kappa shape index (κ2) is 9.33. The third kappa shape index (κ3) is 3.88. The number of esters is 1. The topological polar surface area (TPSA) is 45.3 Å². The third-order valence-corrected chi connectivity index (χ3v) is 11.0. The van der Waals surface area contributed by atoms with Gasteiger partial charge in [0.2, 0.25) is 0 Å². The zero-order chi connectivity index (χ0) is 26.1. The molecule has 2 aliphatic carbocycles. The number of fused-ring (bicyclic) bond motifs is 2. The van der Waals surface area contributed by atoms with Gasteiger partial charge < -0.3 is 9.47 Å². The molecule has 1 spiro atoms. The van der Waals surface area contributed by atoms with Crippen molar-refractivity contribution in [3.63, 3.8) is 0 Å². The summed E-state index contributed by atoms with van der Waals surface area (Å²) < 4.78 is 12.7. The van der Waals surface area contributed by atoms with Gasteiger partial charge in [-0.3, -0.25) is 14.6 Å². The van der Waals surface area contributed by atoms with Crippen LogP contribution in [0.2, 0.25) is 5.02 Å². The Hall–Kier alpha value is -1.92. The number of carbonyl (C=O) groups excluding carboxylic acids is 1. The minimum atomic E-state index is -0.0733. The Bertz CT molecular complexity index is 1180. The molecule has 0 amide bonds. The predicted molar refractivity (Wildman–Crippen MR) is 148 cm³/mol. The molecule has 2 saturated carbocycles. The Kier molecular flexibility index (Phi) is 6.16. The zero-order valence-electron chi connectivity index (χ0n) is 22.5. The standard InChI is InChI=1S/C32H39ClN2O3/c1-21-7-6-14-31(2)19-26-27(29-32(21,31)38-29)25(30(36)37-26)20-34-15-17-35(18-16-34)28(22-8-4-3-5-9-22)23-10-12-24(33)13-11-23/h3-5,8-13,21,25-29H,6-7,14-20H2,1-2H3/t21-,25+,26-,27+,28-,29+,31+,32-/m1/s1. The van der Waals surface area contributed by atoms with Crippen molar-refractivity contribution in [2.24, 2.45) is 23.2 Å². The molecule has 6 heteroatoms. The van der Waals surface area contributed by atoms with E-state index in [2.05, 4.69) is 66.1 Å². The molecular weight excluding hydrogens is 496 g/mol. The first-order chi connectivity index (χ1) is 18.4. The van der Waals surface area contributed by atoms with Crippen molar-refractivity contribution in [3.8, 4) is 0 Å². The van der Waals surface area contributed by atoms with E-state index in [0.29, 0.717) is 5.92 Å². The van der Waals surface area contributed by atoms with Gasteiger partial charge in [0.25, 0.3) is 0 Å². The van der Waals surface area contributed by atoms with Gasteiger partial charge in [0.15, 0.2) is 0 Å². The first kappa shape index (κ1) is 25.1.